The zero-order valence-corrected chi connectivity index (χ0v) is 21.2. The maximum atomic E-state index is 12.7. The number of ketones is 1. The number of fused-ring (bicyclic) bond motifs is 1. The summed E-state index contributed by atoms with van der Waals surface area (Å²) >= 11 is 0. The number of ether oxygens (including phenoxy) is 1. The average Bonchev–Trinajstić information content (AvgIpc) is 3.27. The SMILES string of the molecule is CCCCc1nc2ccc(C(=O)C(C)C(=O)O)cc2n1Cc1ccc(-c2ccccc2C(=O)OC)cc1. The van der Waals surface area contributed by atoms with Crippen LogP contribution in [0.25, 0.3) is 22.2 Å². The van der Waals surface area contributed by atoms with Gasteiger partial charge in [0.15, 0.2) is 5.78 Å². The first-order valence-corrected chi connectivity index (χ1v) is 12.4. The fourth-order valence-corrected chi connectivity index (χ4v) is 4.39. The van der Waals surface area contributed by atoms with Crippen molar-refractivity contribution in [2.75, 3.05) is 7.11 Å². The van der Waals surface area contributed by atoms with Crippen molar-refractivity contribution in [2.24, 2.45) is 5.92 Å². The summed E-state index contributed by atoms with van der Waals surface area (Å²) in [6.45, 7) is 4.07. The maximum Gasteiger partial charge on any atom is 0.338 e. The quantitative estimate of drug-likeness (QED) is 0.169. The zero-order valence-electron chi connectivity index (χ0n) is 21.2. The first-order chi connectivity index (χ1) is 17.8. The molecule has 1 heterocycles. The van der Waals surface area contributed by atoms with Gasteiger partial charge in [-0.25, -0.2) is 9.78 Å². The summed E-state index contributed by atoms with van der Waals surface area (Å²) in [5, 5.41) is 9.28. The Hall–Kier alpha value is -4.26. The topological polar surface area (TPSA) is 98.5 Å². The van der Waals surface area contributed by atoms with Gasteiger partial charge in [0.25, 0.3) is 0 Å². The highest BCUT2D eigenvalue weighted by Gasteiger charge is 2.23. The summed E-state index contributed by atoms with van der Waals surface area (Å²) < 4.78 is 7.03. The zero-order chi connectivity index (χ0) is 26.5. The number of aliphatic carboxylic acids is 1. The molecule has 0 bridgehead atoms. The second-order valence-electron chi connectivity index (χ2n) is 9.08. The summed E-state index contributed by atoms with van der Waals surface area (Å²) in [6, 6.07) is 20.5. The van der Waals surface area contributed by atoms with Crippen molar-refractivity contribution < 1.29 is 24.2 Å². The van der Waals surface area contributed by atoms with Gasteiger partial charge in [-0.05, 0) is 54.3 Å². The monoisotopic (exact) mass is 498 g/mol. The molecule has 0 aliphatic heterocycles. The summed E-state index contributed by atoms with van der Waals surface area (Å²) in [5.41, 5.74) is 5.18. The lowest BCUT2D eigenvalue weighted by molar-refractivity contribution is -0.139. The largest absolute Gasteiger partial charge is 0.481 e. The molecule has 190 valence electrons. The Morgan fingerprint density at radius 1 is 1.03 bits per heavy atom. The Kier molecular flexibility index (Phi) is 7.82. The Morgan fingerprint density at radius 2 is 1.76 bits per heavy atom. The van der Waals surface area contributed by atoms with Crippen LogP contribution in [0, 0.1) is 5.92 Å². The van der Waals surface area contributed by atoms with Crippen molar-refractivity contribution in [2.45, 2.75) is 39.7 Å². The smallest absolute Gasteiger partial charge is 0.338 e. The number of hydrogen-bond donors (Lipinski definition) is 1. The van der Waals surface area contributed by atoms with Crippen LogP contribution in [0.4, 0.5) is 0 Å². The molecule has 1 aromatic heterocycles. The average molecular weight is 499 g/mol. The number of carboxylic acid groups (broad SMARTS) is 1. The molecule has 0 radical (unpaired) electrons. The number of aromatic nitrogens is 2. The first kappa shape index (κ1) is 25.8. The van der Waals surface area contributed by atoms with Gasteiger partial charge in [0.2, 0.25) is 0 Å². The Bertz CT molecular complexity index is 1450. The molecule has 0 amide bonds. The van der Waals surface area contributed by atoms with Crippen molar-refractivity contribution >= 4 is 28.8 Å². The predicted molar refractivity (Wildman–Crippen MR) is 142 cm³/mol. The highest BCUT2D eigenvalue weighted by Crippen LogP contribution is 2.26. The maximum absolute atomic E-state index is 12.7. The number of aryl methyl sites for hydroxylation is 1. The van der Waals surface area contributed by atoms with Crippen LogP contribution in [0.15, 0.2) is 66.7 Å². The van der Waals surface area contributed by atoms with E-state index < -0.39 is 17.7 Å². The Morgan fingerprint density at radius 3 is 2.43 bits per heavy atom. The summed E-state index contributed by atoms with van der Waals surface area (Å²) in [4.78, 5) is 41.1. The van der Waals surface area contributed by atoms with Gasteiger partial charge in [-0.1, -0.05) is 55.8 Å². The molecule has 0 fully saturated rings. The molecule has 7 nitrogen and oxygen atoms in total. The molecule has 4 rings (SSSR count). The molecule has 37 heavy (non-hydrogen) atoms. The van der Waals surface area contributed by atoms with Crippen molar-refractivity contribution in [3.63, 3.8) is 0 Å². The molecule has 0 aliphatic carbocycles. The fourth-order valence-electron chi connectivity index (χ4n) is 4.39. The number of carbonyl (C=O) groups excluding carboxylic acids is 2. The number of imidazole rings is 1. The van der Waals surface area contributed by atoms with E-state index in [9.17, 15) is 19.5 Å². The number of rotatable bonds is 10. The second kappa shape index (κ2) is 11.2. The number of hydrogen-bond acceptors (Lipinski definition) is 5. The van der Waals surface area contributed by atoms with E-state index in [1.165, 1.54) is 14.0 Å². The number of benzene rings is 3. The number of unbranched alkanes of at least 4 members (excludes halogenated alkanes) is 1. The van der Waals surface area contributed by atoms with Crippen molar-refractivity contribution in [3.8, 4) is 11.1 Å². The second-order valence-corrected chi connectivity index (χ2v) is 9.08. The normalized spacial score (nSPS) is 11.9. The minimum atomic E-state index is -1.14. The number of carboxylic acids is 1. The molecule has 4 aromatic rings. The molecule has 1 atom stereocenters. The van der Waals surface area contributed by atoms with Crippen LogP contribution in [-0.2, 0) is 22.5 Å². The number of Topliss-reactive ketones (excluding diaryl/α,β-unsaturated/α-hetero) is 1. The van der Waals surface area contributed by atoms with Gasteiger partial charge >= 0.3 is 11.9 Å². The lowest BCUT2D eigenvalue weighted by Gasteiger charge is -2.12. The summed E-state index contributed by atoms with van der Waals surface area (Å²) in [7, 11) is 1.37. The molecule has 7 heteroatoms. The van der Waals surface area contributed by atoms with Crippen LogP contribution in [0.2, 0.25) is 0 Å². The van der Waals surface area contributed by atoms with Gasteiger partial charge in [0, 0.05) is 18.5 Å². The van der Waals surface area contributed by atoms with Crippen LogP contribution in [-0.4, -0.2) is 39.5 Å². The third-order valence-corrected chi connectivity index (χ3v) is 6.57. The van der Waals surface area contributed by atoms with Crippen LogP contribution in [0.1, 0.15) is 58.8 Å². The van der Waals surface area contributed by atoms with E-state index in [-0.39, 0.29) is 5.97 Å². The summed E-state index contributed by atoms with van der Waals surface area (Å²) in [6.07, 6.45) is 2.80. The lowest BCUT2D eigenvalue weighted by Crippen LogP contribution is -2.20. The Labute approximate surface area is 215 Å². The van der Waals surface area contributed by atoms with Crippen LogP contribution in [0.3, 0.4) is 0 Å². The molecule has 0 spiro atoms. The molecule has 1 N–H and O–H groups in total. The lowest BCUT2D eigenvalue weighted by atomic mass is 9.98. The predicted octanol–water partition coefficient (Wildman–Crippen LogP) is 5.78. The van der Waals surface area contributed by atoms with Gasteiger partial charge in [-0.15, -0.1) is 0 Å². The van der Waals surface area contributed by atoms with Gasteiger partial charge < -0.3 is 14.4 Å². The minimum absolute atomic E-state index is 0.361. The molecule has 0 saturated carbocycles. The molecule has 0 aliphatic rings. The molecular weight excluding hydrogens is 468 g/mol. The Balaban J connectivity index is 1.70. The van der Waals surface area contributed by atoms with Crippen molar-refractivity contribution in [1.29, 1.82) is 0 Å². The van der Waals surface area contributed by atoms with Crippen molar-refractivity contribution in [1.82, 2.24) is 9.55 Å². The number of nitrogens with zero attached hydrogens (tertiary/aromatic N) is 2. The van der Waals surface area contributed by atoms with E-state index in [1.807, 2.05) is 42.5 Å². The number of esters is 1. The van der Waals surface area contributed by atoms with Gasteiger partial charge in [0.1, 0.15) is 11.7 Å². The van der Waals surface area contributed by atoms with Crippen molar-refractivity contribution in [3.05, 3.63) is 89.2 Å². The van der Waals surface area contributed by atoms with E-state index in [0.29, 0.717) is 17.7 Å². The van der Waals surface area contributed by atoms with Crippen LogP contribution in [0.5, 0.6) is 0 Å². The van der Waals surface area contributed by atoms with E-state index in [4.69, 9.17) is 9.72 Å². The van der Waals surface area contributed by atoms with Gasteiger partial charge in [0.05, 0.1) is 23.7 Å². The molecule has 3 aromatic carbocycles. The standard InChI is InChI=1S/C30H30N2O5/c1-4-5-10-27-31-25-16-15-22(28(33)19(2)29(34)35)17-26(25)32(27)18-20-11-13-21(14-12-20)23-8-6-7-9-24(23)30(36)37-3/h6-9,11-17,19H,4-5,10,18H2,1-3H3,(H,34,35). The van der Waals surface area contributed by atoms with E-state index in [1.54, 1.807) is 24.3 Å². The van der Waals surface area contributed by atoms with Crippen LogP contribution < -0.4 is 0 Å². The van der Waals surface area contributed by atoms with Crippen LogP contribution >= 0.6 is 0 Å². The molecule has 1 unspecified atom stereocenters. The van der Waals surface area contributed by atoms with E-state index >= 15 is 0 Å². The highest BCUT2D eigenvalue weighted by atomic mass is 16.5. The minimum Gasteiger partial charge on any atom is -0.481 e. The number of carbonyl (C=O) groups is 3. The highest BCUT2D eigenvalue weighted by molar-refractivity contribution is 6.09. The molecule has 0 saturated heterocycles. The van der Waals surface area contributed by atoms with Gasteiger partial charge in [-0.2, -0.15) is 0 Å². The van der Waals surface area contributed by atoms with Gasteiger partial charge in [-0.3, -0.25) is 9.59 Å². The fraction of sp³-hybridized carbons (Fsp3) is 0.267. The number of methoxy groups -OCH3 is 1. The third kappa shape index (κ3) is 5.45. The van der Waals surface area contributed by atoms with E-state index in [0.717, 1.165) is 52.8 Å². The molecular formula is C30H30N2O5. The first-order valence-electron chi connectivity index (χ1n) is 12.4. The summed E-state index contributed by atoms with van der Waals surface area (Å²) in [5.74, 6) is -2.14. The van der Waals surface area contributed by atoms with E-state index in [2.05, 4.69) is 11.5 Å². The third-order valence-electron chi connectivity index (χ3n) is 6.57.